The minimum absolute atomic E-state index is 0.168. The lowest BCUT2D eigenvalue weighted by atomic mass is 10.0. The van der Waals surface area contributed by atoms with E-state index < -0.39 is 0 Å². The zero-order valence-corrected chi connectivity index (χ0v) is 9.43. The van der Waals surface area contributed by atoms with E-state index in [0.29, 0.717) is 23.4 Å². The number of hydrogen-bond donors (Lipinski definition) is 1. The lowest BCUT2D eigenvalue weighted by Crippen LogP contribution is -2.14. The molecule has 2 heterocycles. The van der Waals surface area contributed by atoms with Gasteiger partial charge in [0.05, 0.1) is 0 Å². The molecular weight excluding hydrogens is 216 g/mol. The number of pyridine rings is 2. The van der Waals surface area contributed by atoms with Crippen LogP contribution in [0.3, 0.4) is 0 Å². The summed E-state index contributed by atoms with van der Waals surface area (Å²) in [5.74, 6) is -0.168. The molecule has 0 aliphatic heterocycles. The Balaban J connectivity index is 2.48. The Morgan fingerprint density at radius 2 is 2.12 bits per heavy atom. The molecule has 2 aromatic rings. The van der Waals surface area contributed by atoms with Gasteiger partial charge in [-0.1, -0.05) is 13.0 Å². The van der Waals surface area contributed by atoms with E-state index in [1.165, 1.54) is 6.07 Å². The highest BCUT2D eigenvalue weighted by Gasteiger charge is 2.13. The Hall–Kier alpha value is -2.23. The Morgan fingerprint density at radius 1 is 1.29 bits per heavy atom. The highest BCUT2D eigenvalue weighted by Crippen LogP contribution is 2.10. The Kier molecular flexibility index (Phi) is 3.14. The summed E-state index contributed by atoms with van der Waals surface area (Å²) >= 11 is 0. The van der Waals surface area contributed by atoms with Crippen molar-refractivity contribution in [2.45, 2.75) is 13.3 Å². The van der Waals surface area contributed by atoms with Crippen LogP contribution in [0.4, 0.5) is 0 Å². The number of H-pyrrole nitrogens is 1. The summed E-state index contributed by atoms with van der Waals surface area (Å²) in [6.07, 6.45) is 2.18. The molecule has 86 valence electrons. The van der Waals surface area contributed by atoms with Crippen LogP contribution < -0.4 is 5.56 Å². The monoisotopic (exact) mass is 228 g/mol. The topological polar surface area (TPSA) is 62.8 Å². The Morgan fingerprint density at radius 3 is 2.76 bits per heavy atom. The van der Waals surface area contributed by atoms with Crippen LogP contribution in [-0.4, -0.2) is 15.8 Å². The van der Waals surface area contributed by atoms with E-state index in [2.05, 4.69) is 9.97 Å². The fourth-order valence-electron chi connectivity index (χ4n) is 1.64. The van der Waals surface area contributed by atoms with Crippen LogP contribution in [0.25, 0.3) is 0 Å². The average Bonchev–Trinajstić information content (AvgIpc) is 2.39. The fourth-order valence-corrected chi connectivity index (χ4v) is 1.64. The fraction of sp³-hybridized carbons (Fsp3) is 0.154. The maximum Gasteiger partial charge on any atom is 0.248 e. The quantitative estimate of drug-likeness (QED) is 0.811. The summed E-state index contributed by atoms with van der Waals surface area (Å²) in [5, 5.41) is 0. The van der Waals surface area contributed by atoms with Gasteiger partial charge in [-0.25, -0.2) is 0 Å². The van der Waals surface area contributed by atoms with Gasteiger partial charge >= 0.3 is 0 Å². The highest BCUT2D eigenvalue weighted by molar-refractivity contribution is 6.08. The zero-order chi connectivity index (χ0) is 12.3. The molecule has 0 aromatic carbocycles. The molecule has 0 bridgehead atoms. The molecule has 1 N–H and O–H groups in total. The summed E-state index contributed by atoms with van der Waals surface area (Å²) < 4.78 is 0. The van der Waals surface area contributed by atoms with E-state index in [4.69, 9.17) is 0 Å². The van der Waals surface area contributed by atoms with Gasteiger partial charge in [-0.05, 0) is 24.6 Å². The van der Waals surface area contributed by atoms with Crippen molar-refractivity contribution in [2.24, 2.45) is 0 Å². The van der Waals surface area contributed by atoms with Crippen LogP contribution in [0.15, 0.2) is 41.3 Å². The van der Waals surface area contributed by atoms with E-state index in [-0.39, 0.29) is 11.3 Å². The van der Waals surface area contributed by atoms with Gasteiger partial charge in [0, 0.05) is 23.5 Å². The SMILES string of the molecule is CCc1[nH]c(=O)ccc1C(=O)c1ccccn1. The van der Waals surface area contributed by atoms with Crippen molar-refractivity contribution in [1.29, 1.82) is 0 Å². The maximum absolute atomic E-state index is 12.2. The van der Waals surface area contributed by atoms with Crippen molar-refractivity contribution >= 4 is 5.78 Å². The second-order valence-electron chi connectivity index (χ2n) is 3.61. The molecule has 0 amide bonds. The predicted molar refractivity (Wildman–Crippen MR) is 64.1 cm³/mol. The molecule has 2 aromatic heterocycles. The molecule has 0 aliphatic carbocycles. The van der Waals surface area contributed by atoms with Crippen LogP contribution in [0.1, 0.15) is 28.7 Å². The smallest absolute Gasteiger partial charge is 0.248 e. The molecule has 0 saturated carbocycles. The minimum Gasteiger partial charge on any atom is -0.325 e. The second kappa shape index (κ2) is 4.74. The summed E-state index contributed by atoms with van der Waals surface area (Å²) in [4.78, 5) is 30.0. The number of rotatable bonds is 3. The minimum atomic E-state index is -0.195. The molecule has 0 aliphatic rings. The number of aryl methyl sites for hydroxylation is 1. The van der Waals surface area contributed by atoms with E-state index in [1.54, 1.807) is 30.5 Å². The number of aromatic amines is 1. The van der Waals surface area contributed by atoms with Crippen LogP contribution in [0, 0.1) is 0 Å². The molecule has 0 radical (unpaired) electrons. The maximum atomic E-state index is 12.2. The van der Waals surface area contributed by atoms with Gasteiger partial charge < -0.3 is 4.98 Å². The van der Waals surface area contributed by atoms with E-state index in [9.17, 15) is 9.59 Å². The van der Waals surface area contributed by atoms with Crippen molar-refractivity contribution in [2.75, 3.05) is 0 Å². The first-order chi connectivity index (χ1) is 8.22. The van der Waals surface area contributed by atoms with Gasteiger partial charge in [0.25, 0.3) is 0 Å². The van der Waals surface area contributed by atoms with Crippen LogP contribution in [-0.2, 0) is 6.42 Å². The highest BCUT2D eigenvalue weighted by atomic mass is 16.1. The molecule has 0 spiro atoms. The molecule has 17 heavy (non-hydrogen) atoms. The third-order valence-corrected chi connectivity index (χ3v) is 2.50. The average molecular weight is 228 g/mol. The normalized spacial score (nSPS) is 10.2. The third kappa shape index (κ3) is 2.30. The van der Waals surface area contributed by atoms with Gasteiger partial charge in [-0.2, -0.15) is 0 Å². The molecule has 0 saturated heterocycles. The second-order valence-corrected chi connectivity index (χ2v) is 3.61. The lowest BCUT2D eigenvalue weighted by molar-refractivity contribution is 0.103. The third-order valence-electron chi connectivity index (χ3n) is 2.50. The number of nitrogens with zero attached hydrogens (tertiary/aromatic N) is 1. The first-order valence-corrected chi connectivity index (χ1v) is 5.40. The molecule has 2 rings (SSSR count). The van der Waals surface area contributed by atoms with Crippen LogP contribution >= 0.6 is 0 Å². The van der Waals surface area contributed by atoms with Crippen LogP contribution in [0.2, 0.25) is 0 Å². The Bertz CT molecular complexity index is 588. The largest absolute Gasteiger partial charge is 0.325 e. The molecule has 0 unspecified atom stereocenters. The molecule has 0 atom stereocenters. The van der Waals surface area contributed by atoms with Crippen molar-refractivity contribution in [1.82, 2.24) is 9.97 Å². The number of carbonyl (C=O) groups excluding carboxylic acids is 1. The van der Waals surface area contributed by atoms with E-state index in [1.807, 2.05) is 6.92 Å². The number of carbonyl (C=O) groups is 1. The molecule has 4 heteroatoms. The predicted octanol–water partition coefficient (Wildman–Crippen LogP) is 1.56. The summed E-state index contributed by atoms with van der Waals surface area (Å²) in [6, 6.07) is 8.08. The van der Waals surface area contributed by atoms with Crippen molar-refractivity contribution in [3.05, 3.63) is 63.8 Å². The molecule has 4 nitrogen and oxygen atoms in total. The first-order valence-electron chi connectivity index (χ1n) is 5.40. The van der Waals surface area contributed by atoms with Gasteiger partial charge in [0.2, 0.25) is 11.3 Å². The van der Waals surface area contributed by atoms with Crippen molar-refractivity contribution in [3.8, 4) is 0 Å². The van der Waals surface area contributed by atoms with E-state index in [0.717, 1.165) is 0 Å². The van der Waals surface area contributed by atoms with Gasteiger partial charge in [0.1, 0.15) is 5.69 Å². The standard InChI is InChI=1S/C13H12N2O2/c1-2-10-9(6-7-12(16)15-10)13(17)11-5-3-4-8-14-11/h3-8H,2H2,1H3,(H,15,16). The van der Waals surface area contributed by atoms with Gasteiger partial charge in [-0.3, -0.25) is 14.6 Å². The first kappa shape index (κ1) is 11.3. The van der Waals surface area contributed by atoms with Crippen LogP contribution in [0.5, 0.6) is 0 Å². The summed E-state index contributed by atoms with van der Waals surface area (Å²) in [5.41, 5.74) is 1.34. The van der Waals surface area contributed by atoms with Gasteiger partial charge in [0.15, 0.2) is 0 Å². The Labute approximate surface area is 98.3 Å². The summed E-state index contributed by atoms with van der Waals surface area (Å²) in [6.45, 7) is 1.89. The number of hydrogen-bond acceptors (Lipinski definition) is 3. The molecule has 0 fully saturated rings. The number of ketones is 1. The van der Waals surface area contributed by atoms with Crippen molar-refractivity contribution in [3.63, 3.8) is 0 Å². The summed E-state index contributed by atoms with van der Waals surface area (Å²) in [7, 11) is 0. The number of aromatic nitrogens is 2. The zero-order valence-electron chi connectivity index (χ0n) is 9.43. The molecular formula is C13H12N2O2. The number of nitrogens with one attached hydrogen (secondary N) is 1. The lowest BCUT2D eigenvalue weighted by Gasteiger charge is -2.05. The van der Waals surface area contributed by atoms with E-state index >= 15 is 0 Å². The van der Waals surface area contributed by atoms with Crippen molar-refractivity contribution < 1.29 is 4.79 Å². The van der Waals surface area contributed by atoms with Gasteiger partial charge in [-0.15, -0.1) is 0 Å².